The first-order chi connectivity index (χ1) is 8.60. The maximum absolute atomic E-state index is 12.0. The lowest BCUT2D eigenvalue weighted by atomic mass is 10.1. The van der Waals surface area contributed by atoms with Gasteiger partial charge in [-0.3, -0.25) is 4.79 Å². The molecule has 0 unspecified atom stereocenters. The molecule has 0 saturated carbocycles. The van der Waals surface area contributed by atoms with Crippen LogP contribution >= 0.6 is 23.2 Å². The van der Waals surface area contributed by atoms with Crippen LogP contribution in [0, 0.1) is 0 Å². The molecule has 1 aromatic carbocycles. The normalized spacial score (nSPS) is 10.4. The third kappa shape index (κ3) is 2.86. The van der Waals surface area contributed by atoms with Crippen LogP contribution < -0.4 is 4.74 Å². The van der Waals surface area contributed by atoms with Gasteiger partial charge in [0.05, 0.1) is 7.11 Å². The van der Waals surface area contributed by atoms with Crippen LogP contribution in [0.5, 0.6) is 5.75 Å². The quantitative estimate of drug-likeness (QED) is 0.796. The summed E-state index contributed by atoms with van der Waals surface area (Å²) in [6.07, 6.45) is 0.146. The van der Waals surface area contributed by atoms with E-state index in [9.17, 15) is 4.79 Å². The summed E-state index contributed by atoms with van der Waals surface area (Å²) in [6, 6.07) is 8.20. The van der Waals surface area contributed by atoms with E-state index in [4.69, 9.17) is 32.4 Å². The minimum absolute atomic E-state index is 0.146. The first kappa shape index (κ1) is 13.0. The van der Waals surface area contributed by atoms with Crippen LogP contribution in [0.25, 0.3) is 0 Å². The number of ether oxygens (including phenoxy) is 1. The SMILES string of the molecule is COc1ccc(Cl)cc1CC(=O)c1ccc(Cl)o1. The molecular weight excluding hydrogens is 275 g/mol. The summed E-state index contributed by atoms with van der Waals surface area (Å²) in [7, 11) is 1.54. The Hall–Kier alpha value is -1.45. The summed E-state index contributed by atoms with van der Waals surface area (Å²) < 4.78 is 10.2. The Kier molecular flexibility index (Phi) is 3.94. The molecule has 0 radical (unpaired) electrons. The molecule has 2 rings (SSSR count). The molecule has 5 heteroatoms. The van der Waals surface area contributed by atoms with Crippen LogP contribution in [0.15, 0.2) is 34.7 Å². The zero-order valence-electron chi connectivity index (χ0n) is 9.57. The summed E-state index contributed by atoms with van der Waals surface area (Å²) in [4.78, 5) is 12.0. The first-order valence-corrected chi connectivity index (χ1v) is 5.96. The molecule has 0 aliphatic rings. The zero-order valence-corrected chi connectivity index (χ0v) is 11.1. The highest BCUT2D eigenvalue weighted by molar-refractivity contribution is 6.30. The fourth-order valence-corrected chi connectivity index (χ4v) is 1.95. The number of carbonyl (C=O) groups excluding carboxylic acids is 1. The van der Waals surface area contributed by atoms with E-state index in [2.05, 4.69) is 0 Å². The van der Waals surface area contributed by atoms with Crippen molar-refractivity contribution < 1.29 is 13.9 Å². The van der Waals surface area contributed by atoms with Gasteiger partial charge < -0.3 is 9.15 Å². The van der Waals surface area contributed by atoms with Gasteiger partial charge in [0.1, 0.15) is 5.75 Å². The van der Waals surface area contributed by atoms with E-state index < -0.39 is 0 Å². The van der Waals surface area contributed by atoms with Gasteiger partial charge in [-0.2, -0.15) is 0 Å². The molecular formula is C13H10Cl2O3. The second-order valence-corrected chi connectivity index (χ2v) is 4.47. The van der Waals surface area contributed by atoms with Crippen LogP contribution in [0.2, 0.25) is 10.2 Å². The fraction of sp³-hybridized carbons (Fsp3) is 0.154. The third-order valence-electron chi connectivity index (χ3n) is 2.44. The number of rotatable bonds is 4. The van der Waals surface area contributed by atoms with Gasteiger partial charge in [-0.05, 0) is 41.9 Å². The molecule has 0 saturated heterocycles. The number of hydrogen-bond donors (Lipinski definition) is 0. The van der Waals surface area contributed by atoms with Crippen molar-refractivity contribution in [2.45, 2.75) is 6.42 Å². The average Bonchev–Trinajstić information content (AvgIpc) is 2.76. The summed E-state index contributed by atoms with van der Waals surface area (Å²) >= 11 is 11.5. The van der Waals surface area contributed by atoms with E-state index in [1.165, 1.54) is 6.07 Å². The molecule has 1 heterocycles. The number of benzene rings is 1. The van der Waals surface area contributed by atoms with E-state index in [0.29, 0.717) is 16.3 Å². The second-order valence-electron chi connectivity index (χ2n) is 3.66. The van der Waals surface area contributed by atoms with Crippen molar-refractivity contribution in [3.8, 4) is 5.75 Å². The van der Waals surface area contributed by atoms with Crippen LogP contribution in [0.3, 0.4) is 0 Å². The maximum atomic E-state index is 12.0. The lowest BCUT2D eigenvalue weighted by Crippen LogP contribution is -2.03. The largest absolute Gasteiger partial charge is 0.496 e. The second kappa shape index (κ2) is 5.46. The smallest absolute Gasteiger partial charge is 0.202 e. The molecule has 0 N–H and O–H groups in total. The highest BCUT2D eigenvalue weighted by Gasteiger charge is 2.14. The number of ketones is 1. The Labute approximate surface area is 114 Å². The van der Waals surface area contributed by atoms with E-state index in [-0.39, 0.29) is 23.2 Å². The van der Waals surface area contributed by atoms with E-state index in [0.717, 1.165) is 0 Å². The van der Waals surface area contributed by atoms with Crippen LogP contribution in [0.1, 0.15) is 16.1 Å². The maximum Gasteiger partial charge on any atom is 0.202 e. The van der Waals surface area contributed by atoms with Crippen LogP contribution in [0.4, 0.5) is 0 Å². The molecule has 0 bridgehead atoms. The minimum atomic E-state index is -0.178. The fourth-order valence-electron chi connectivity index (χ4n) is 1.61. The van der Waals surface area contributed by atoms with Gasteiger partial charge in [-0.1, -0.05) is 11.6 Å². The number of Topliss-reactive ketones (excluding diaryl/α,β-unsaturated/α-hetero) is 1. The highest BCUT2D eigenvalue weighted by atomic mass is 35.5. The molecule has 3 nitrogen and oxygen atoms in total. The van der Waals surface area contributed by atoms with Gasteiger partial charge in [0.25, 0.3) is 0 Å². The number of hydrogen-bond acceptors (Lipinski definition) is 3. The molecule has 18 heavy (non-hydrogen) atoms. The predicted molar refractivity (Wildman–Crippen MR) is 69.8 cm³/mol. The molecule has 2 aromatic rings. The monoisotopic (exact) mass is 284 g/mol. The van der Waals surface area contributed by atoms with Crippen molar-refractivity contribution in [2.24, 2.45) is 0 Å². The number of methoxy groups -OCH3 is 1. The summed E-state index contributed by atoms with van der Waals surface area (Å²) in [6.45, 7) is 0. The Morgan fingerprint density at radius 2 is 2.06 bits per heavy atom. The van der Waals surface area contributed by atoms with Gasteiger partial charge in [-0.15, -0.1) is 0 Å². The number of halogens is 2. The molecule has 0 aliphatic carbocycles. The molecule has 0 fully saturated rings. The van der Waals surface area contributed by atoms with Crippen molar-refractivity contribution in [2.75, 3.05) is 7.11 Å². The van der Waals surface area contributed by atoms with Crippen LogP contribution in [-0.4, -0.2) is 12.9 Å². The zero-order chi connectivity index (χ0) is 13.1. The first-order valence-electron chi connectivity index (χ1n) is 5.21. The Morgan fingerprint density at radius 1 is 1.28 bits per heavy atom. The van der Waals surface area contributed by atoms with Gasteiger partial charge >= 0.3 is 0 Å². The highest BCUT2D eigenvalue weighted by Crippen LogP contribution is 2.24. The van der Waals surface area contributed by atoms with E-state index >= 15 is 0 Å². The molecule has 0 spiro atoms. The van der Waals surface area contributed by atoms with Crippen LogP contribution in [-0.2, 0) is 6.42 Å². The molecule has 1 aromatic heterocycles. The Bertz CT molecular complexity index is 575. The van der Waals surface area contributed by atoms with Crippen molar-refractivity contribution >= 4 is 29.0 Å². The van der Waals surface area contributed by atoms with Gasteiger partial charge in [0.2, 0.25) is 5.78 Å². The summed E-state index contributed by atoms with van der Waals surface area (Å²) in [5, 5.41) is 0.743. The molecule has 0 atom stereocenters. The van der Waals surface area contributed by atoms with Gasteiger partial charge in [0, 0.05) is 17.0 Å². The summed E-state index contributed by atoms with van der Waals surface area (Å²) in [5.41, 5.74) is 0.711. The predicted octanol–water partition coefficient (Wildman–Crippen LogP) is 4.02. The van der Waals surface area contributed by atoms with Crippen molar-refractivity contribution in [3.63, 3.8) is 0 Å². The van der Waals surface area contributed by atoms with Crippen molar-refractivity contribution in [3.05, 3.63) is 51.9 Å². The van der Waals surface area contributed by atoms with Crippen molar-refractivity contribution in [1.29, 1.82) is 0 Å². The van der Waals surface area contributed by atoms with E-state index in [1.54, 1.807) is 31.4 Å². The topological polar surface area (TPSA) is 39.4 Å². The molecule has 0 aliphatic heterocycles. The molecule has 0 amide bonds. The van der Waals surface area contributed by atoms with Gasteiger partial charge in [-0.25, -0.2) is 0 Å². The standard InChI is InChI=1S/C13H10Cl2O3/c1-17-11-3-2-9(14)6-8(11)7-10(16)12-4-5-13(15)18-12/h2-6H,7H2,1H3. The van der Waals surface area contributed by atoms with Gasteiger partial charge in [0.15, 0.2) is 11.0 Å². The number of furan rings is 1. The third-order valence-corrected chi connectivity index (χ3v) is 2.88. The minimum Gasteiger partial charge on any atom is -0.496 e. The Balaban J connectivity index is 2.23. The average molecular weight is 285 g/mol. The summed E-state index contributed by atoms with van der Waals surface area (Å²) in [5.74, 6) is 0.662. The Morgan fingerprint density at radius 3 is 2.67 bits per heavy atom. The lowest BCUT2D eigenvalue weighted by Gasteiger charge is -2.07. The van der Waals surface area contributed by atoms with E-state index in [1.807, 2.05) is 0 Å². The lowest BCUT2D eigenvalue weighted by molar-refractivity contribution is 0.0965. The molecule has 94 valence electrons. The number of carbonyl (C=O) groups is 1. The van der Waals surface area contributed by atoms with Crippen molar-refractivity contribution in [1.82, 2.24) is 0 Å².